The molecule has 3 unspecified atom stereocenters. The van der Waals surface area contributed by atoms with Crippen LogP contribution in [-0.4, -0.2) is 30.8 Å². The van der Waals surface area contributed by atoms with Crippen molar-refractivity contribution in [2.45, 2.75) is 38.3 Å². The van der Waals surface area contributed by atoms with Gasteiger partial charge < -0.3 is 10.1 Å². The van der Waals surface area contributed by atoms with Gasteiger partial charge in [-0.05, 0) is 37.9 Å². The fourth-order valence-corrected chi connectivity index (χ4v) is 3.02. The first kappa shape index (κ1) is 13.8. The highest BCUT2D eigenvalue weighted by molar-refractivity contribution is 6.31. The van der Waals surface area contributed by atoms with Crippen LogP contribution < -0.4 is 5.32 Å². The van der Waals surface area contributed by atoms with E-state index in [0.717, 1.165) is 36.5 Å². The number of halogens is 1. The molecular weight excluding hydrogens is 248 g/mol. The minimum Gasteiger partial charge on any atom is -0.378 e. The monoisotopic (exact) mass is 268 g/mol. The molecule has 1 aromatic heterocycles. The zero-order valence-electron chi connectivity index (χ0n) is 11.0. The van der Waals surface area contributed by atoms with E-state index in [1.54, 1.807) is 12.4 Å². The number of nitrogens with one attached hydrogen (secondary N) is 1. The lowest BCUT2D eigenvalue weighted by Crippen LogP contribution is -2.39. The topological polar surface area (TPSA) is 34.1 Å². The van der Waals surface area contributed by atoms with Crippen LogP contribution in [0.5, 0.6) is 0 Å². The molecule has 18 heavy (non-hydrogen) atoms. The number of hydrogen-bond donors (Lipinski definition) is 1. The second kappa shape index (κ2) is 6.50. The van der Waals surface area contributed by atoms with Crippen LogP contribution >= 0.6 is 11.6 Å². The van der Waals surface area contributed by atoms with Gasteiger partial charge in [-0.3, -0.25) is 4.98 Å². The Hall–Kier alpha value is -0.640. The highest BCUT2D eigenvalue weighted by atomic mass is 35.5. The van der Waals surface area contributed by atoms with E-state index in [4.69, 9.17) is 16.3 Å². The largest absolute Gasteiger partial charge is 0.378 e. The third-order valence-corrected chi connectivity index (χ3v) is 4.19. The molecule has 2 heterocycles. The number of hydrogen-bond acceptors (Lipinski definition) is 3. The summed E-state index contributed by atoms with van der Waals surface area (Å²) in [5, 5.41) is 4.18. The lowest BCUT2D eigenvalue weighted by Gasteiger charge is -2.27. The van der Waals surface area contributed by atoms with E-state index in [0.29, 0.717) is 18.1 Å². The van der Waals surface area contributed by atoms with Crippen molar-refractivity contribution < 1.29 is 4.74 Å². The Bertz CT molecular complexity index is 386. The first-order chi connectivity index (χ1) is 8.76. The molecule has 3 atom stereocenters. The summed E-state index contributed by atoms with van der Waals surface area (Å²) in [5.74, 6) is 0.573. The van der Waals surface area contributed by atoms with E-state index in [1.807, 2.05) is 13.1 Å². The van der Waals surface area contributed by atoms with Crippen LogP contribution in [0.3, 0.4) is 0 Å². The van der Waals surface area contributed by atoms with Crippen LogP contribution in [0.25, 0.3) is 0 Å². The van der Waals surface area contributed by atoms with Crippen molar-refractivity contribution >= 4 is 11.6 Å². The molecule has 0 saturated carbocycles. The molecule has 0 aliphatic carbocycles. The van der Waals surface area contributed by atoms with Gasteiger partial charge in [0.05, 0.1) is 11.1 Å². The van der Waals surface area contributed by atoms with Crippen LogP contribution in [0, 0.1) is 5.92 Å². The fraction of sp³-hybridized carbons (Fsp3) is 0.643. The Labute approximate surface area is 114 Å². The van der Waals surface area contributed by atoms with Crippen molar-refractivity contribution in [3.63, 3.8) is 0 Å². The molecule has 1 aromatic rings. The number of nitrogens with zero attached hydrogens (tertiary/aromatic N) is 1. The Morgan fingerprint density at radius 1 is 1.61 bits per heavy atom. The molecule has 0 spiro atoms. The summed E-state index contributed by atoms with van der Waals surface area (Å²) in [7, 11) is 2.02. The molecule has 4 heteroatoms. The number of likely N-dealkylation sites (N-methyl/N-ethyl adjacent to an activating group) is 1. The maximum atomic E-state index is 6.18. The van der Waals surface area contributed by atoms with Crippen LogP contribution in [0.2, 0.25) is 5.02 Å². The number of pyridine rings is 1. The van der Waals surface area contributed by atoms with E-state index in [9.17, 15) is 0 Å². The fourth-order valence-electron chi connectivity index (χ4n) is 2.82. The highest BCUT2D eigenvalue weighted by Crippen LogP contribution is 2.29. The Kier molecular flexibility index (Phi) is 4.98. The zero-order valence-corrected chi connectivity index (χ0v) is 11.8. The average Bonchev–Trinajstić information content (AvgIpc) is 2.86. The molecule has 0 aromatic carbocycles. The maximum Gasteiger partial charge on any atom is 0.0621 e. The summed E-state index contributed by atoms with van der Waals surface area (Å²) in [4.78, 5) is 4.03. The summed E-state index contributed by atoms with van der Waals surface area (Å²) < 4.78 is 5.78. The highest BCUT2D eigenvalue weighted by Gasteiger charge is 2.33. The van der Waals surface area contributed by atoms with Crippen molar-refractivity contribution in [2.75, 3.05) is 13.7 Å². The standard InChI is InChI=1S/C14H21ClN2O/c1-3-14-11(5-7-18-14)13(16-2)8-10-4-6-17-9-12(10)15/h4,6,9,11,13-14,16H,3,5,7-8H2,1-2H3. The van der Waals surface area contributed by atoms with Crippen molar-refractivity contribution in [3.8, 4) is 0 Å². The molecule has 1 saturated heterocycles. The quantitative estimate of drug-likeness (QED) is 0.892. The van der Waals surface area contributed by atoms with Gasteiger partial charge in [-0.25, -0.2) is 0 Å². The lowest BCUT2D eigenvalue weighted by molar-refractivity contribution is 0.0783. The van der Waals surface area contributed by atoms with Crippen molar-refractivity contribution in [2.24, 2.45) is 5.92 Å². The van der Waals surface area contributed by atoms with E-state index in [2.05, 4.69) is 17.2 Å². The van der Waals surface area contributed by atoms with Gasteiger partial charge in [-0.2, -0.15) is 0 Å². The summed E-state index contributed by atoms with van der Waals surface area (Å²) >= 11 is 6.18. The Morgan fingerprint density at radius 2 is 2.44 bits per heavy atom. The van der Waals surface area contributed by atoms with E-state index < -0.39 is 0 Å². The summed E-state index contributed by atoms with van der Waals surface area (Å²) in [6.07, 6.45) is 7.04. The van der Waals surface area contributed by atoms with Gasteiger partial charge in [0, 0.05) is 31.0 Å². The summed E-state index contributed by atoms with van der Waals surface area (Å²) in [6.45, 7) is 3.07. The molecular formula is C14H21ClN2O. The Balaban J connectivity index is 2.07. The van der Waals surface area contributed by atoms with Crippen molar-refractivity contribution in [1.82, 2.24) is 10.3 Å². The predicted octanol–water partition coefficient (Wildman–Crippen LogP) is 2.68. The molecule has 3 nitrogen and oxygen atoms in total. The third kappa shape index (κ3) is 3.02. The second-order valence-corrected chi connectivity index (χ2v) is 5.24. The lowest BCUT2D eigenvalue weighted by atomic mass is 9.87. The molecule has 1 aliphatic heterocycles. The maximum absolute atomic E-state index is 6.18. The van der Waals surface area contributed by atoms with Crippen molar-refractivity contribution in [1.29, 1.82) is 0 Å². The van der Waals surface area contributed by atoms with E-state index in [1.165, 1.54) is 0 Å². The molecule has 0 bridgehead atoms. The molecule has 1 fully saturated rings. The summed E-state index contributed by atoms with van der Waals surface area (Å²) in [6, 6.07) is 2.42. The van der Waals surface area contributed by atoms with E-state index in [-0.39, 0.29) is 0 Å². The van der Waals surface area contributed by atoms with Crippen LogP contribution in [-0.2, 0) is 11.2 Å². The summed E-state index contributed by atoms with van der Waals surface area (Å²) in [5.41, 5.74) is 1.16. The average molecular weight is 269 g/mol. The second-order valence-electron chi connectivity index (χ2n) is 4.84. The molecule has 0 amide bonds. The van der Waals surface area contributed by atoms with E-state index >= 15 is 0 Å². The first-order valence-electron chi connectivity index (χ1n) is 6.63. The number of ether oxygens (including phenoxy) is 1. The smallest absolute Gasteiger partial charge is 0.0621 e. The van der Waals surface area contributed by atoms with Crippen molar-refractivity contribution in [3.05, 3.63) is 29.0 Å². The molecule has 2 rings (SSSR count). The van der Waals surface area contributed by atoms with Gasteiger partial charge >= 0.3 is 0 Å². The number of aromatic nitrogens is 1. The molecule has 1 aliphatic rings. The van der Waals surface area contributed by atoms with Gasteiger partial charge in [0.25, 0.3) is 0 Å². The van der Waals surface area contributed by atoms with Crippen LogP contribution in [0.1, 0.15) is 25.3 Å². The molecule has 1 N–H and O–H groups in total. The predicted molar refractivity (Wildman–Crippen MR) is 73.9 cm³/mol. The zero-order chi connectivity index (χ0) is 13.0. The third-order valence-electron chi connectivity index (χ3n) is 3.85. The SMILES string of the molecule is CCC1OCCC1C(Cc1ccncc1Cl)NC. The Morgan fingerprint density at radius 3 is 3.11 bits per heavy atom. The van der Waals surface area contributed by atoms with Gasteiger partial charge in [0.2, 0.25) is 0 Å². The number of rotatable bonds is 5. The van der Waals surface area contributed by atoms with Crippen LogP contribution in [0.15, 0.2) is 18.5 Å². The van der Waals surface area contributed by atoms with Gasteiger partial charge in [-0.15, -0.1) is 0 Å². The minimum absolute atomic E-state index is 0.378. The van der Waals surface area contributed by atoms with Gasteiger partial charge in [0.15, 0.2) is 0 Å². The molecule has 100 valence electrons. The molecule has 0 radical (unpaired) electrons. The van der Waals surface area contributed by atoms with Gasteiger partial charge in [0.1, 0.15) is 0 Å². The van der Waals surface area contributed by atoms with Crippen LogP contribution in [0.4, 0.5) is 0 Å². The van der Waals surface area contributed by atoms with Gasteiger partial charge in [-0.1, -0.05) is 18.5 Å². The minimum atomic E-state index is 0.378. The normalized spacial score (nSPS) is 25.3. The first-order valence-corrected chi connectivity index (χ1v) is 7.01.